The molecule has 0 fully saturated rings. The predicted octanol–water partition coefficient (Wildman–Crippen LogP) is 3.05. The number of carbonyl (C=O) groups is 1. The first-order valence-corrected chi connectivity index (χ1v) is 8.01. The average Bonchev–Trinajstić information content (AvgIpc) is 2.83. The van der Waals surface area contributed by atoms with Crippen LogP contribution in [-0.4, -0.2) is 28.4 Å². The van der Waals surface area contributed by atoms with Crippen LogP contribution in [0.4, 0.5) is 0 Å². The lowest BCUT2D eigenvalue weighted by Crippen LogP contribution is -2.27. The SMILES string of the molecule is CCCCCCC(C)NCc1c(C(=O)OCC)cnn1C. The zero-order valence-electron chi connectivity index (χ0n) is 13.8. The smallest absolute Gasteiger partial charge is 0.341 e. The molecule has 0 saturated carbocycles. The average molecular weight is 295 g/mol. The van der Waals surface area contributed by atoms with Gasteiger partial charge in [-0.25, -0.2) is 4.79 Å². The van der Waals surface area contributed by atoms with Crippen LogP contribution in [0.1, 0.15) is 68.9 Å². The Morgan fingerprint density at radius 3 is 2.81 bits per heavy atom. The quantitative estimate of drug-likeness (QED) is 0.532. The summed E-state index contributed by atoms with van der Waals surface area (Å²) >= 11 is 0. The van der Waals surface area contributed by atoms with Crippen molar-refractivity contribution in [2.75, 3.05) is 6.61 Å². The van der Waals surface area contributed by atoms with Crippen LogP contribution in [0.5, 0.6) is 0 Å². The van der Waals surface area contributed by atoms with Crippen molar-refractivity contribution >= 4 is 5.97 Å². The highest BCUT2D eigenvalue weighted by Gasteiger charge is 2.17. The normalized spacial score (nSPS) is 12.4. The Bertz CT molecular complexity index is 429. The molecule has 0 spiro atoms. The fraction of sp³-hybridized carbons (Fsp3) is 0.750. The first-order chi connectivity index (χ1) is 10.1. The summed E-state index contributed by atoms with van der Waals surface area (Å²) in [6.45, 7) is 7.24. The number of unbranched alkanes of at least 4 members (excludes halogenated alkanes) is 3. The fourth-order valence-corrected chi connectivity index (χ4v) is 2.30. The summed E-state index contributed by atoms with van der Waals surface area (Å²) in [4.78, 5) is 11.9. The van der Waals surface area contributed by atoms with Gasteiger partial charge in [-0.05, 0) is 20.3 Å². The second-order valence-corrected chi connectivity index (χ2v) is 5.48. The molecule has 0 radical (unpaired) electrons. The number of aromatic nitrogens is 2. The van der Waals surface area contributed by atoms with Crippen LogP contribution in [0.2, 0.25) is 0 Å². The summed E-state index contributed by atoms with van der Waals surface area (Å²) in [5.41, 5.74) is 1.44. The minimum atomic E-state index is -0.294. The van der Waals surface area contributed by atoms with Crippen LogP contribution in [0, 0.1) is 0 Å². The lowest BCUT2D eigenvalue weighted by Gasteiger charge is -2.14. The van der Waals surface area contributed by atoms with Crippen molar-refractivity contribution in [3.05, 3.63) is 17.5 Å². The minimum absolute atomic E-state index is 0.294. The molecule has 1 N–H and O–H groups in total. The number of nitrogens with zero attached hydrogens (tertiary/aromatic N) is 2. The van der Waals surface area contributed by atoms with Crippen molar-refractivity contribution in [3.63, 3.8) is 0 Å². The van der Waals surface area contributed by atoms with E-state index in [0.29, 0.717) is 24.8 Å². The molecule has 1 aromatic heterocycles. The molecule has 0 amide bonds. The number of esters is 1. The summed E-state index contributed by atoms with van der Waals surface area (Å²) in [7, 11) is 1.85. The van der Waals surface area contributed by atoms with Gasteiger partial charge in [0.2, 0.25) is 0 Å². The van der Waals surface area contributed by atoms with E-state index in [1.807, 2.05) is 14.0 Å². The van der Waals surface area contributed by atoms with E-state index < -0.39 is 0 Å². The van der Waals surface area contributed by atoms with E-state index in [-0.39, 0.29) is 5.97 Å². The maximum Gasteiger partial charge on any atom is 0.341 e. The first kappa shape index (κ1) is 17.7. The van der Waals surface area contributed by atoms with Gasteiger partial charge in [-0.2, -0.15) is 5.10 Å². The molecular weight excluding hydrogens is 266 g/mol. The van der Waals surface area contributed by atoms with E-state index in [1.54, 1.807) is 10.9 Å². The third-order valence-corrected chi connectivity index (χ3v) is 3.67. The Labute approximate surface area is 128 Å². The summed E-state index contributed by atoms with van der Waals surface area (Å²) < 4.78 is 6.80. The lowest BCUT2D eigenvalue weighted by atomic mass is 10.1. The third kappa shape index (κ3) is 5.87. The highest BCUT2D eigenvalue weighted by atomic mass is 16.5. The van der Waals surface area contributed by atoms with Gasteiger partial charge in [-0.3, -0.25) is 4.68 Å². The summed E-state index contributed by atoms with van der Waals surface area (Å²) in [6, 6.07) is 0.437. The largest absolute Gasteiger partial charge is 0.462 e. The Hall–Kier alpha value is -1.36. The van der Waals surface area contributed by atoms with Crippen LogP contribution in [0.25, 0.3) is 0 Å². The van der Waals surface area contributed by atoms with E-state index in [4.69, 9.17) is 4.74 Å². The standard InChI is InChI=1S/C16H29N3O2/c1-5-7-8-9-10-13(3)17-12-15-14(11-18-19(15)4)16(20)21-6-2/h11,13,17H,5-10,12H2,1-4H3. The van der Waals surface area contributed by atoms with Crippen molar-refractivity contribution in [3.8, 4) is 0 Å². The molecular formula is C16H29N3O2. The van der Waals surface area contributed by atoms with Crippen molar-refractivity contribution in [2.24, 2.45) is 7.05 Å². The number of rotatable bonds is 10. The Balaban J connectivity index is 2.47. The van der Waals surface area contributed by atoms with Gasteiger partial charge in [0.1, 0.15) is 5.56 Å². The third-order valence-electron chi connectivity index (χ3n) is 3.67. The molecule has 0 aliphatic carbocycles. The molecule has 0 aromatic carbocycles. The molecule has 1 heterocycles. The lowest BCUT2D eigenvalue weighted by molar-refractivity contribution is 0.0524. The molecule has 0 saturated heterocycles. The Morgan fingerprint density at radius 1 is 1.38 bits per heavy atom. The monoisotopic (exact) mass is 295 g/mol. The van der Waals surface area contributed by atoms with Crippen LogP contribution in [-0.2, 0) is 18.3 Å². The second kappa shape index (κ2) is 9.55. The number of aryl methyl sites for hydroxylation is 1. The number of carbonyl (C=O) groups excluding carboxylic acids is 1. The zero-order valence-corrected chi connectivity index (χ0v) is 13.8. The van der Waals surface area contributed by atoms with Gasteiger partial charge < -0.3 is 10.1 Å². The maximum absolute atomic E-state index is 11.9. The van der Waals surface area contributed by atoms with Crippen molar-refractivity contribution in [1.82, 2.24) is 15.1 Å². The molecule has 1 unspecified atom stereocenters. The molecule has 0 aliphatic heterocycles. The predicted molar refractivity (Wildman–Crippen MR) is 84.2 cm³/mol. The van der Waals surface area contributed by atoms with Gasteiger partial charge >= 0.3 is 5.97 Å². The summed E-state index contributed by atoms with van der Waals surface area (Å²) in [5.74, 6) is -0.294. The van der Waals surface area contributed by atoms with E-state index >= 15 is 0 Å². The first-order valence-electron chi connectivity index (χ1n) is 8.01. The number of hydrogen-bond donors (Lipinski definition) is 1. The van der Waals surface area contributed by atoms with Crippen LogP contribution in [0.3, 0.4) is 0 Å². The maximum atomic E-state index is 11.9. The number of ether oxygens (including phenoxy) is 1. The van der Waals surface area contributed by atoms with Gasteiger partial charge in [-0.1, -0.05) is 32.6 Å². The van der Waals surface area contributed by atoms with E-state index in [0.717, 1.165) is 12.1 Å². The Morgan fingerprint density at radius 2 is 2.14 bits per heavy atom. The molecule has 21 heavy (non-hydrogen) atoms. The number of nitrogens with one attached hydrogen (secondary N) is 1. The van der Waals surface area contributed by atoms with E-state index in [2.05, 4.69) is 24.3 Å². The van der Waals surface area contributed by atoms with E-state index in [9.17, 15) is 4.79 Å². The molecule has 0 bridgehead atoms. The molecule has 120 valence electrons. The Kier molecular flexibility index (Phi) is 8.05. The minimum Gasteiger partial charge on any atom is -0.462 e. The van der Waals surface area contributed by atoms with Gasteiger partial charge in [0.05, 0.1) is 18.5 Å². The molecule has 1 rings (SSSR count). The highest BCUT2D eigenvalue weighted by Crippen LogP contribution is 2.11. The van der Waals surface area contributed by atoms with Gasteiger partial charge in [0.25, 0.3) is 0 Å². The molecule has 1 atom stereocenters. The van der Waals surface area contributed by atoms with Gasteiger partial charge in [0, 0.05) is 19.6 Å². The molecule has 1 aromatic rings. The topological polar surface area (TPSA) is 56.1 Å². The fourth-order valence-electron chi connectivity index (χ4n) is 2.30. The van der Waals surface area contributed by atoms with Gasteiger partial charge in [-0.15, -0.1) is 0 Å². The van der Waals surface area contributed by atoms with Gasteiger partial charge in [0.15, 0.2) is 0 Å². The highest BCUT2D eigenvalue weighted by molar-refractivity contribution is 5.90. The zero-order chi connectivity index (χ0) is 15.7. The molecule has 5 heteroatoms. The molecule has 5 nitrogen and oxygen atoms in total. The second-order valence-electron chi connectivity index (χ2n) is 5.48. The van der Waals surface area contributed by atoms with Crippen LogP contribution < -0.4 is 5.32 Å². The summed E-state index contributed by atoms with van der Waals surface area (Å²) in [5, 5.41) is 7.63. The summed E-state index contributed by atoms with van der Waals surface area (Å²) in [6.07, 6.45) is 7.86. The van der Waals surface area contributed by atoms with Crippen LogP contribution >= 0.6 is 0 Å². The number of hydrogen-bond acceptors (Lipinski definition) is 4. The van der Waals surface area contributed by atoms with Crippen molar-refractivity contribution in [2.45, 2.75) is 65.5 Å². The van der Waals surface area contributed by atoms with Crippen molar-refractivity contribution < 1.29 is 9.53 Å². The molecule has 0 aliphatic rings. The van der Waals surface area contributed by atoms with E-state index in [1.165, 1.54) is 25.7 Å². The van der Waals surface area contributed by atoms with Crippen molar-refractivity contribution in [1.29, 1.82) is 0 Å². The van der Waals surface area contributed by atoms with Crippen LogP contribution in [0.15, 0.2) is 6.20 Å².